The molecule has 54 heavy (non-hydrogen) atoms. The van der Waals surface area contributed by atoms with Crippen molar-refractivity contribution in [3.05, 3.63) is 178 Å². The Bertz CT molecular complexity index is 2540. The van der Waals surface area contributed by atoms with E-state index in [9.17, 15) is 9.59 Å². The van der Waals surface area contributed by atoms with Gasteiger partial charge >= 0.3 is 11.3 Å². The molecule has 0 saturated carbocycles. The lowest BCUT2D eigenvalue weighted by Crippen LogP contribution is -2.10. The molecule has 0 radical (unpaired) electrons. The predicted molar refractivity (Wildman–Crippen MR) is 216 cm³/mol. The van der Waals surface area contributed by atoms with Crippen molar-refractivity contribution in [2.75, 3.05) is 24.0 Å². The fourth-order valence-corrected chi connectivity index (χ4v) is 6.87. The molecule has 2 heterocycles. The number of hydrogen-bond acceptors (Lipinski definition) is 8. The van der Waals surface area contributed by atoms with E-state index in [1.807, 2.05) is 98.8 Å². The van der Waals surface area contributed by atoms with Crippen molar-refractivity contribution in [3.8, 4) is 22.6 Å². The molecule has 8 nitrogen and oxygen atoms in total. The van der Waals surface area contributed by atoms with Crippen LogP contribution in [0.4, 0.5) is 34.1 Å². The van der Waals surface area contributed by atoms with Gasteiger partial charge in [-0.1, -0.05) is 24.3 Å². The zero-order valence-corrected chi connectivity index (χ0v) is 30.2. The van der Waals surface area contributed by atoms with E-state index >= 15 is 0 Å². The summed E-state index contributed by atoms with van der Waals surface area (Å²) in [5, 5.41) is 1.78. The zero-order valence-electron chi connectivity index (χ0n) is 30.2. The van der Waals surface area contributed by atoms with E-state index in [-0.39, 0.29) is 11.3 Å². The fraction of sp³-hybridized carbons (Fsp3) is 0.0870. The standard InChI is InChI=1S/C46H36N2O6/c1-29-25-45(49)53-43-27-37(17-23-41(29)43)47(35-13-19-39(51-3)20-14-35)33-9-5-31(6-10-33)32-7-11-34(12-8-32)48(36-15-21-40(52-4)22-16-36)38-18-24-42-30(2)26-46(50)54-44(42)28-38/h5-28H,1-4H3. The van der Waals surface area contributed by atoms with Crippen LogP contribution in [-0.2, 0) is 0 Å². The Morgan fingerprint density at radius 3 is 1.06 bits per heavy atom. The molecule has 0 aliphatic heterocycles. The Balaban J connectivity index is 1.15. The summed E-state index contributed by atoms with van der Waals surface area (Å²) in [5.41, 5.74) is 9.51. The Morgan fingerprint density at radius 1 is 0.407 bits per heavy atom. The summed E-state index contributed by atoms with van der Waals surface area (Å²) < 4.78 is 22.1. The van der Waals surface area contributed by atoms with Gasteiger partial charge in [0.2, 0.25) is 0 Å². The fourth-order valence-electron chi connectivity index (χ4n) is 6.87. The van der Waals surface area contributed by atoms with Gasteiger partial charge in [0.1, 0.15) is 22.7 Å². The topological polar surface area (TPSA) is 85.4 Å². The largest absolute Gasteiger partial charge is 0.497 e. The van der Waals surface area contributed by atoms with Gasteiger partial charge in [-0.2, -0.15) is 0 Å². The third kappa shape index (κ3) is 6.57. The number of aryl methyl sites for hydroxylation is 2. The van der Waals surface area contributed by atoms with Crippen LogP contribution in [0.15, 0.2) is 164 Å². The van der Waals surface area contributed by atoms with Crippen LogP contribution in [0.2, 0.25) is 0 Å². The van der Waals surface area contributed by atoms with Crippen LogP contribution >= 0.6 is 0 Å². The van der Waals surface area contributed by atoms with Crippen LogP contribution in [0, 0.1) is 13.8 Å². The molecule has 0 bridgehead atoms. The van der Waals surface area contributed by atoms with Gasteiger partial charge in [-0.3, -0.25) is 0 Å². The first kappa shape index (κ1) is 34.0. The molecule has 8 heteroatoms. The summed E-state index contributed by atoms with van der Waals surface area (Å²) in [5.74, 6) is 1.51. The molecule has 2 aromatic heterocycles. The average molecular weight is 713 g/mol. The van der Waals surface area contributed by atoms with Crippen LogP contribution in [0.5, 0.6) is 11.5 Å². The van der Waals surface area contributed by atoms with Crippen molar-refractivity contribution in [2.45, 2.75) is 13.8 Å². The van der Waals surface area contributed by atoms with Gasteiger partial charge in [0, 0.05) is 69.2 Å². The zero-order chi connectivity index (χ0) is 37.3. The van der Waals surface area contributed by atoms with Crippen LogP contribution in [0.3, 0.4) is 0 Å². The maximum Gasteiger partial charge on any atom is 0.336 e. The molecule has 0 unspecified atom stereocenters. The number of methoxy groups -OCH3 is 2. The van der Waals surface area contributed by atoms with Gasteiger partial charge in [0.15, 0.2) is 0 Å². The lowest BCUT2D eigenvalue weighted by molar-refractivity contribution is 0.414. The molecule has 0 saturated heterocycles. The third-order valence-corrected chi connectivity index (χ3v) is 9.63. The van der Waals surface area contributed by atoms with Crippen molar-refractivity contribution in [1.82, 2.24) is 0 Å². The number of nitrogens with zero attached hydrogens (tertiary/aromatic N) is 2. The molecule has 0 fully saturated rings. The van der Waals surface area contributed by atoms with Crippen molar-refractivity contribution in [2.24, 2.45) is 0 Å². The molecule has 0 aliphatic rings. The maximum absolute atomic E-state index is 12.2. The number of benzene rings is 6. The van der Waals surface area contributed by atoms with E-state index in [2.05, 4.69) is 58.3 Å². The second-order valence-corrected chi connectivity index (χ2v) is 13.0. The minimum Gasteiger partial charge on any atom is -0.497 e. The van der Waals surface area contributed by atoms with Crippen molar-refractivity contribution >= 4 is 56.1 Å². The van der Waals surface area contributed by atoms with Crippen LogP contribution in [0.1, 0.15) is 11.1 Å². The van der Waals surface area contributed by atoms with Gasteiger partial charge in [-0.15, -0.1) is 0 Å². The molecule has 0 aliphatic carbocycles. The lowest BCUT2D eigenvalue weighted by atomic mass is 10.0. The number of anilines is 6. The second-order valence-electron chi connectivity index (χ2n) is 13.0. The number of ether oxygens (including phenoxy) is 2. The van der Waals surface area contributed by atoms with E-state index in [4.69, 9.17) is 18.3 Å². The number of rotatable bonds is 9. The highest BCUT2D eigenvalue weighted by molar-refractivity contribution is 5.89. The smallest absolute Gasteiger partial charge is 0.336 e. The van der Waals surface area contributed by atoms with Crippen LogP contribution in [-0.4, -0.2) is 14.2 Å². The van der Waals surface area contributed by atoms with Gasteiger partial charge in [-0.25, -0.2) is 9.59 Å². The Morgan fingerprint density at radius 2 is 0.722 bits per heavy atom. The highest BCUT2D eigenvalue weighted by atomic mass is 16.5. The molecular formula is C46H36N2O6. The summed E-state index contributed by atoms with van der Waals surface area (Å²) in [6.07, 6.45) is 0. The van der Waals surface area contributed by atoms with Crippen molar-refractivity contribution < 1.29 is 18.3 Å². The summed E-state index contributed by atoms with van der Waals surface area (Å²) in [6, 6.07) is 47.3. The molecular weight excluding hydrogens is 677 g/mol. The maximum atomic E-state index is 12.2. The lowest BCUT2D eigenvalue weighted by Gasteiger charge is -2.26. The van der Waals surface area contributed by atoms with E-state index in [0.717, 1.165) is 78.6 Å². The molecule has 0 amide bonds. The minimum absolute atomic E-state index is 0.378. The second kappa shape index (κ2) is 14.2. The highest BCUT2D eigenvalue weighted by Crippen LogP contribution is 2.40. The average Bonchev–Trinajstić information content (AvgIpc) is 3.19. The first-order valence-electron chi connectivity index (χ1n) is 17.5. The molecule has 8 rings (SSSR count). The molecule has 266 valence electrons. The quantitative estimate of drug-likeness (QED) is 0.137. The van der Waals surface area contributed by atoms with Gasteiger partial charge < -0.3 is 28.1 Å². The van der Waals surface area contributed by atoms with Crippen molar-refractivity contribution in [1.29, 1.82) is 0 Å². The SMILES string of the molecule is COc1ccc(N(c2ccc(-c3ccc(N(c4ccc(OC)cc4)c4ccc5c(C)cc(=O)oc5c4)cc3)cc2)c2ccc3c(C)cc(=O)oc3c2)cc1. The van der Waals surface area contributed by atoms with E-state index in [0.29, 0.717) is 11.2 Å². The summed E-state index contributed by atoms with van der Waals surface area (Å²) >= 11 is 0. The first-order chi connectivity index (χ1) is 26.3. The summed E-state index contributed by atoms with van der Waals surface area (Å²) in [4.78, 5) is 28.7. The van der Waals surface area contributed by atoms with E-state index in [1.165, 1.54) is 12.1 Å². The highest BCUT2D eigenvalue weighted by Gasteiger charge is 2.17. The van der Waals surface area contributed by atoms with Gasteiger partial charge in [-0.05, 0) is 133 Å². The Hall–Kier alpha value is -7.06. The Labute approximate surface area is 311 Å². The summed E-state index contributed by atoms with van der Waals surface area (Å²) in [6.45, 7) is 3.82. The van der Waals surface area contributed by atoms with E-state index < -0.39 is 0 Å². The number of hydrogen-bond donors (Lipinski definition) is 0. The normalized spacial score (nSPS) is 11.1. The predicted octanol–water partition coefficient (Wildman–Crippen LogP) is 11.1. The van der Waals surface area contributed by atoms with Gasteiger partial charge in [0.25, 0.3) is 0 Å². The molecule has 0 N–H and O–H groups in total. The van der Waals surface area contributed by atoms with Gasteiger partial charge in [0.05, 0.1) is 14.2 Å². The monoisotopic (exact) mass is 712 g/mol. The third-order valence-electron chi connectivity index (χ3n) is 9.63. The molecule has 0 spiro atoms. The Kier molecular flexibility index (Phi) is 8.93. The minimum atomic E-state index is -0.378. The van der Waals surface area contributed by atoms with Crippen LogP contribution in [0.25, 0.3) is 33.1 Å². The first-order valence-corrected chi connectivity index (χ1v) is 17.5. The van der Waals surface area contributed by atoms with Crippen molar-refractivity contribution in [3.63, 3.8) is 0 Å². The van der Waals surface area contributed by atoms with E-state index in [1.54, 1.807) is 14.2 Å². The molecule has 0 atom stereocenters. The number of fused-ring (bicyclic) bond motifs is 2. The molecule has 6 aromatic carbocycles. The molecule has 8 aromatic rings. The van der Waals surface area contributed by atoms with Crippen LogP contribution < -0.4 is 30.5 Å². The summed E-state index contributed by atoms with van der Waals surface area (Å²) in [7, 11) is 3.29.